The van der Waals surface area contributed by atoms with E-state index in [1.165, 1.54) is 6.33 Å². The van der Waals surface area contributed by atoms with Crippen LogP contribution in [0.4, 0.5) is 0 Å². The van der Waals surface area contributed by atoms with Gasteiger partial charge in [0.05, 0.1) is 18.0 Å². The summed E-state index contributed by atoms with van der Waals surface area (Å²) in [7, 11) is 1.65. The molecule has 18 heavy (non-hydrogen) atoms. The van der Waals surface area contributed by atoms with Crippen molar-refractivity contribution in [3.63, 3.8) is 0 Å². The summed E-state index contributed by atoms with van der Waals surface area (Å²) in [6.07, 6.45) is 2.73. The Bertz CT molecular complexity index is 553. The van der Waals surface area contributed by atoms with Crippen molar-refractivity contribution in [2.45, 2.75) is 12.5 Å². The SMILES string of the molecule is COc1ccc2ncnc(OC3CCNC3)c2c1. The van der Waals surface area contributed by atoms with Gasteiger partial charge in [-0.05, 0) is 31.2 Å². The number of aromatic nitrogens is 2. The van der Waals surface area contributed by atoms with Crippen LogP contribution < -0.4 is 14.8 Å². The van der Waals surface area contributed by atoms with E-state index in [1.54, 1.807) is 7.11 Å². The van der Waals surface area contributed by atoms with Gasteiger partial charge in [0.2, 0.25) is 5.88 Å². The molecule has 94 valence electrons. The first-order chi connectivity index (χ1) is 8.86. The molecule has 1 saturated heterocycles. The Labute approximate surface area is 105 Å². The number of fused-ring (bicyclic) bond motifs is 1. The first-order valence-electron chi connectivity index (χ1n) is 6.03. The van der Waals surface area contributed by atoms with E-state index in [-0.39, 0.29) is 6.10 Å². The van der Waals surface area contributed by atoms with Gasteiger partial charge in [-0.25, -0.2) is 9.97 Å². The predicted molar refractivity (Wildman–Crippen MR) is 68.0 cm³/mol. The molecule has 2 heterocycles. The van der Waals surface area contributed by atoms with Crippen LogP contribution in [0.5, 0.6) is 11.6 Å². The summed E-state index contributed by atoms with van der Waals surface area (Å²) >= 11 is 0. The third kappa shape index (κ3) is 2.09. The van der Waals surface area contributed by atoms with Crippen molar-refractivity contribution in [3.8, 4) is 11.6 Å². The number of nitrogens with one attached hydrogen (secondary N) is 1. The number of benzene rings is 1. The lowest BCUT2D eigenvalue weighted by molar-refractivity contribution is 0.217. The number of hydrogen-bond acceptors (Lipinski definition) is 5. The van der Waals surface area contributed by atoms with E-state index in [0.717, 1.165) is 36.2 Å². The highest BCUT2D eigenvalue weighted by Crippen LogP contribution is 2.26. The zero-order valence-corrected chi connectivity index (χ0v) is 10.2. The van der Waals surface area contributed by atoms with Crippen LogP contribution >= 0.6 is 0 Å². The van der Waals surface area contributed by atoms with Crippen molar-refractivity contribution < 1.29 is 9.47 Å². The molecule has 1 aliphatic rings. The van der Waals surface area contributed by atoms with E-state index >= 15 is 0 Å². The second kappa shape index (κ2) is 4.78. The molecule has 1 aliphatic heterocycles. The predicted octanol–water partition coefficient (Wildman–Crippen LogP) is 1.38. The minimum Gasteiger partial charge on any atom is -0.497 e. The van der Waals surface area contributed by atoms with Gasteiger partial charge in [-0.3, -0.25) is 0 Å². The second-order valence-corrected chi connectivity index (χ2v) is 4.29. The fraction of sp³-hybridized carbons (Fsp3) is 0.385. The van der Waals surface area contributed by atoms with Crippen molar-refractivity contribution in [3.05, 3.63) is 24.5 Å². The summed E-state index contributed by atoms with van der Waals surface area (Å²) in [5.74, 6) is 1.42. The second-order valence-electron chi connectivity index (χ2n) is 4.29. The summed E-state index contributed by atoms with van der Waals surface area (Å²) in [4.78, 5) is 8.46. The summed E-state index contributed by atoms with van der Waals surface area (Å²) in [6.45, 7) is 1.87. The highest BCUT2D eigenvalue weighted by atomic mass is 16.5. The molecule has 1 unspecified atom stereocenters. The minimum absolute atomic E-state index is 0.189. The number of nitrogens with zero attached hydrogens (tertiary/aromatic N) is 2. The van der Waals surface area contributed by atoms with Gasteiger partial charge in [0.25, 0.3) is 0 Å². The molecule has 1 N–H and O–H groups in total. The van der Waals surface area contributed by atoms with Gasteiger partial charge in [-0.2, -0.15) is 0 Å². The number of ether oxygens (including phenoxy) is 2. The maximum Gasteiger partial charge on any atom is 0.224 e. The average molecular weight is 245 g/mol. The maximum absolute atomic E-state index is 5.92. The Morgan fingerprint density at radius 3 is 3.06 bits per heavy atom. The molecule has 2 aromatic rings. The molecule has 5 heteroatoms. The molecular weight excluding hydrogens is 230 g/mol. The average Bonchev–Trinajstić information content (AvgIpc) is 2.91. The van der Waals surface area contributed by atoms with Crippen molar-refractivity contribution >= 4 is 10.9 Å². The van der Waals surface area contributed by atoms with Gasteiger partial charge in [0, 0.05) is 6.54 Å². The number of methoxy groups -OCH3 is 1. The summed E-state index contributed by atoms with van der Waals surface area (Å²) < 4.78 is 11.1. The van der Waals surface area contributed by atoms with E-state index in [4.69, 9.17) is 9.47 Å². The van der Waals surface area contributed by atoms with Crippen LogP contribution in [0.2, 0.25) is 0 Å². The quantitative estimate of drug-likeness (QED) is 0.885. The normalized spacial score (nSPS) is 19.1. The fourth-order valence-corrected chi connectivity index (χ4v) is 2.12. The Morgan fingerprint density at radius 2 is 2.28 bits per heavy atom. The summed E-state index contributed by atoms with van der Waals surface area (Å²) in [5, 5.41) is 4.16. The Kier molecular flexibility index (Phi) is 2.98. The molecule has 0 bridgehead atoms. The molecule has 1 atom stereocenters. The highest BCUT2D eigenvalue weighted by molar-refractivity contribution is 5.84. The molecular formula is C13H15N3O2. The standard InChI is InChI=1S/C13H15N3O2/c1-17-9-2-3-12-11(6-9)13(16-8-15-12)18-10-4-5-14-7-10/h2-3,6,8,10,14H,4-5,7H2,1H3. The maximum atomic E-state index is 5.92. The lowest BCUT2D eigenvalue weighted by Crippen LogP contribution is -2.20. The summed E-state index contributed by atoms with van der Waals surface area (Å²) in [6, 6.07) is 5.71. The van der Waals surface area contributed by atoms with Crippen LogP contribution in [0.25, 0.3) is 10.9 Å². The third-order valence-electron chi connectivity index (χ3n) is 3.10. The van der Waals surface area contributed by atoms with Crippen LogP contribution in [0.15, 0.2) is 24.5 Å². The lowest BCUT2D eigenvalue weighted by Gasteiger charge is -2.13. The molecule has 1 aromatic heterocycles. The van der Waals surface area contributed by atoms with E-state index in [0.29, 0.717) is 5.88 Å². The summed E-state index contributed by atoms with van der Waals surface area (Å²) in [5.41, 5.74) is 0.867. The Balaban J connectivity index is 1.98. The van der Waals surface area contributed by atoms with Crippen molar-refractivity contribution in [2.75, 3.05) is 20.2 Å². The molecule has 0 saturated carbocycles. The van der Waals surface area contributed by atoms with Crippen LogP contribution in [-0.4, -0.2) is 36.3 Å². The van der Waals surface area contributed by atoms with Gasteiger partial charge in [-0.1, -0.05) is 0 Å². The first kappa shape index (κ1) is 11.2. The molecule has 0 amide bonds. The third-order valence-corrected chi connectivity index (χ3v) is 3.10. The topological polar surface area (TPSA) is 56.3 Å². The van der Waals surface area contributed by atoms with Crippen LogP contribution in [0.1, 0.15) is 6.42 Å². The molecule has 0 aliphatic carbocycles. The van der Waals surface area contributed by atoms with E-state index in [2.05, 4.69) is 15.3 Å². The molecule has 0 radical (unpaired) electrons. The van der Waals surface area contributed by atoms with E-state index in [1.807, 2.05) is 18.2 Å². The first-order valence-corrected chi connectivity index (χ1v) is 6.03. The van der Waals surface area contributed by atoms with Gasteiger partial charge in [-0.15, -0.1) is 0 Å². The number of rotatable bonds is 3. The molecule has 3 rings (SSSR count). The van der Waals surface area contributed by atoms with Gasteiger partial charge in [0.15, 0.2) is 0 Å². The van der Waals surface area contributed by atoms with E-state index < -0.39 is 0 Å². The minimum atomic E-state index is 0.189. The lowest BCUT2D eigenvalue weighted by atomic mass is 10.2. The Hall–Kier alpha value is -1.88. The van der Waals surface area contributed by atoms with Gasteiger partial charge >= 0.3 is 0 Å². The smallest absolute Gasteiger partial charge is 0.224 e. The molecule has 0 spiro atoms. The molecule has 1 aromatic carbocycles. The molecule has 1 fully saturated rings. The highest BCUT2D eigenvalue weighted by Gasteiger charge is 2.18. The van der Waals surface area contributed by atoms with Crippen LogP contribution in [0.3, 0.4) is 0 Å². The van der Waals surface area contributed by atoms with Crippen molar-refractivity contribution in [1.82, 2.24) is 15.3 Å². The zero-order valence-electron chi connectivity index (χ0n) is 10.2. The van der Waals surface area contributed by atoms with Crippen LogP contribution in [-0.2, 0) is 0 Å². The fourth-order valence-electron chi connectivity index (χ4n) is 2.12. The van der Waals surface area contributed by atoms with E-state index in [9.17, 15) is 0 Å². The van der Waals surface area contributed by atoms with Gasteiger partial charge < -0.3 is 14.8 Å². The van der Waals surface area contributed by atoms with Crippen molar-refractivity contribution in [1.29, 1.82) is 0 Å². The number of hydrogen-bond donors (Lipinski definition) is 1. The monoisotopic (exact) mass is 245 g/mol. The largest absolute Gasteiger partial charge is 0.497 e. The zero-order chi connectivity index (χ0) is 12.4. The van der Waals surface area contributed by atoms with Gasteiger partial charge in [0.1, 0.15) is 18.2 Å². The molecule has 5 nitrogen and oxygen atoms in total. The van der Waals surface area contributed by atoms with Crippen LogP contribution in [0, 0.1) is 0 Å². The Morgan fingerprint density at radius 1 is 1.33 bits per heavy atom. The van der Waals surface area contributed by atoms with Crippen molar-refractivity contribution in [2.24, 2.45) is 0 Å².